The van der Waals surface area contributed by atoms with Crippen LogP contribution in [0.4, 0.5) is 0 Å². The van der Waals surface area contributed by atoms with E-state index in [-0.39, 0.29) is 24.4 Å². The first-order chi connectivity index (χ1) is 16.4. The maximum absolute atomic E-state index is 13.2. The summed E-state index contributed by atoms with van der Waals surface area (Å²) in [4.78, 5) is 30.7. The van der Waals surface area contributed by atoms with Crippen molar-refractivity contribution in [3.8, 4) is 11.5 Å². The molecule has 0 spiro atoms. The van der Waals surface area contributed by atoms with Crippen LogP contribution >= 0.6 is 0 Å². The second-order valence-corrected chi connectivity index (χ2v) is 8.56. The summed E-state index contributed by atoms with van der Waals surface area (Å²) < 4.78 is 19.0. The Kier molecular flexibility index (Phi) is 7.12. The van der Waals surface area contributed by atoms with Crippen LogP contribution < -0.4 is 9.47 Å². The van der Waals surface area contributed by atoms with E-state index in [2.05, 4.69) is 10.1 Å². The fourth-order valence-corrected chi connectivity index (χ4v) is 4.04. The molecule has 3 aromatic rings. The van der Waals surface area contributed by atoms with Crippen LogP contribution in [0.2, 0.25) is 0 Å². The Balaban J connectivity index is 1.40. The van der Waals surface area contributed by atoms with Gasteiger partial charge in [0.15, 0.2) is 17.1 Å². The van der Waals surface area contributed by atoms with Crippen molar-refractivity contribution in [3.05, 3.63) is 53.0 Å². The first-order valence-corrected chi connectivity index (χ1v) is 11.4. The van der Waals surface area contributed by atoms with Crippen molar-refractivity contribution >= 4 is 17.3 Å². The van der Waals surface area contributed by atoms with Crippen LogP contribution in [0.3, 0.4) is 0 Å². The van der Waals surface area contributed by atoms with Crippen LogP contribution in [0.15, 0.2) is 30.5 Å². The van der Waals surface area contributed by atoms with E-state index < -0.39 is 0 Å². The third kappa shape index (κ3) is 5.20. The summed E-state index contributed by atoms with van der Waals surface area (Å²) >= 11 is 0. The van der Waals surface area contributed by atoms with Crippen molar-refractivity contribution in [3.63, 3.8) is 0 Å². The Bertz CT molecular complexity index is 1210. The predicted molar refractivity (Wildman–Crippen MR) is 126 cm³/mol. The lowest BCUT2D eigenvalue weighted by Crippen LogP contribution is -2.47. The van der Waals surface area contributed by atoms with Crippen LogP contribution in [0.5, 0.6) is 11.5 Å². The Morgan fingerprint density at radius 1 is 1.21 bits per heavy atom. The van der Waals surface area contributed by atoms with Crippen molar-refractivity contribution in [2.45, 2.75) is 39.7 Å². The van der Waals surface area contributed by atoms with Gasteiger partial charge in [-0.1, -0.05) is 6.07 Å². The minimum Gasteiger partial charge on any atom is -0.493 e. The molecule has 4 rings (SSSR count). The number of carbonyl (C=O) groups excluding carboxylic acids is 2. The quantitative estimate of drug-likeness (QED) is 0.504. The summed E-state index contributed by atoms with van der Waals surface area (Å²) in [5, 5.41) is 4.43. The number of fused-ring (bicyclic) bond motifs is 1. The van der Waals surface area contributed by atoms with E-state index in [9.17, 15) is 9.59 Å². The zero-order valence-corrected chi connectivity index (χ0v) is 20.0. The highest BCUT2D eigenvalue weighted by Gasteiger charge is 2.27. The number of carbonyl (C=O) groups is 2. The topological polar surface area (TPSA) is 95.3 Å². The molecule has 1 aromatic carbocycles. The zero-order valence-electron chi connectivity index (χ0n) is 20.0. The number of morpholine rings is 1. The van der Waals surface area contributed by atoms with E-state index in [4.69, 9.17) is 14.2 Å². The maximum atomic E-state index is 13.2. The van der Waals surface area contributed by atoms with Crippen molar-refractivity contribution in [2.75, 3.05) is 33.4 Å². The lowest BCUT2D eigenvalue weighted by atomic mass is 10.1. The Morgan fingerprint density at radius 3 is 2.79 bits per heavy atom. The monoisotopic (exact) mass is 466 g/mol. The Hall–Kier alpha value is -3.46. The highest BCUT2D eigenvalue weighted by Crippen LogP contribution is 2.29. The average molecular weight is 467 g/mol. The predicted octanol–water partition coefficient (Wildman–Crippen LogP) is 2.80. The largest absolute Gasteiger partial charge is 0.493 e. The fraction of sp³-hybridized carbons (Fsp3) is 0.440. The molecule has 180 valence electrons. The van der Waals surface area contributed by atoms with E-state index >= 15 is 0 Å². The number of aryl methyl sites for hydroxylation is 3. The number of rotatable bonds is 8. The van der Waals surface area contributed by atoms with Crippen LogP contribution in [-0.4, -0.2) is 70.7 Å². The number of nitrogens with zero attached hydrogens (tertiary/aromatic N) is 4. The molecule has 9 nitrogen and oxygen atoms in total. The third-order valence-electron chi connectivity index (χ3n) is 5.92. The molecular formula is C25H30N4O5. The molecule has 0 saturated carbocycles. The van der Waals surface area contributed by atoms with Crippen molar-refractivity contribution in [1.82, 2.24) is 19.5 Å². The van der Waals surface area contributed by atoms with Gasteiger partial charge in [0.05, 0.1) is 37.2 Å². The zero-order chi connectivity index (χ0) is 24.2. The lowest BCUT2D eigenvalue weighted by Gasteiger charge is -2.33. The molecule has 1 amide bonds. The molecule has 3 heterocycles. The van der Waals surface area contributed by atoms with E-state index in [1.807, 2.05) is 38.1 Å². The molecule has 1 unspecified atom stereocenters. The molecule has 34 heavy (non-hydrogen) atoms. The van der Waals surface area contributed by atoms with Crippen LogP contribution in [0.1, 0.15) is 40.7 Å². The van der Waals surface area contributed by atoms with Gasteiger partial charge >= 0.3 is 0 Å². The van der Waals surface area contributed by atoms with Gasteiger partial charge < -0.3 is 23.9 Å². The van der Waals surface area contributed by atoms with Gasteiger partial charge in [-0.15, -0.1) is 0 Å². The van der Waals surface area contributed by atoms with Crippen LogP contribution in [-0.2, 0) is 16.0 Å². The summed E-state index contributed by atoms with van der Waals surface area (Å²) in [5.74, 6) is 1.26. The number of hydrogen-bond acceptors (Lipinski definition) is 7. The van der Waals surface area contributed by atoms with Gasteiger partial charge in [-0.2, -0.15) is 5.10 Å². The maximum Gasteiger partial charge on any atom is 0.257 e. The van der Waals surface area contributed by atoms with Gasteiger partial charge in [0.1, 0.15) is 18.5 Å². The molecule has 0 bridgehead atoms. The summed E-state index contributed by atoms with van der Waals surface area (Å²) in [6.45, 7) is 6.98. The summed E-state index contributed by atoms with van der Waals surface area (Å²) in [6, 6.07) is 7.55. The molecule has 1 aliphatic rings. The van der Waals surface area contributed by atoms with E-state index in [0.29, 0.717) is 49.6 Å². The molecule has 2 aromatic heterocycles. The molecular weight excluding hydrogens is 436 g/mol. The number of benzene rings is 1. The first-order valence-electron chi connectivity index (χ1n) is 11.4. The number of Topliss-reactive ketones (excluding diaryl/α,β-unsaturated/α-hetero) is 1. The highest BCUT2D eigenvalue weighted by molar-refractivity contribution is 5.95. The van der Waals surface area contributed by atoms with Crippen LogP contribution in [0, 0.1) is 13.8 Å². The smallest absolute Gasteiger partial charge is 0.257 e. The third-order valence-corrected chi connectivity index (χ3v) is 5.92. The summed E-state index contributed by atoms with van der Waals surface area (Å²) in [7, 11) is 1.59. The van der Waals surface area contributed by atoms with Gasteiger partial charge in [0.2, 0.25) is 0 Å². The molecule has 1 atom stereocenters. The van der Waals surface area contributed by atoms with Gasteiger partial charge in [0.25, 0.3) is 5.91 Å². The lowest BCUT2D eigenvalue weighted by molar-refractivity contribution is -0.116. The standard InChI is InChI=1S/C25H30N4O5/c1-16-11-24-26-13-21(18(3)29(24)27-16)25(31)28-9-10-33-20(14-28)15-34-22-8-7-19(6-5-17(2)30)12-23(22)32-4/h7-8,11-13,20H,5-6,9-10,14-15H2,1-4H3. The minimum absolute atomic E-state index is 0.0965. The number of ether oxygens (including phenoxy) is 3. The van der Waals surface area contributed by atoms with E-state index in [1.54, 1.807) is 29.6 Å². The molecule has 1 saturated heterocycles. The fourth-order valence-electron chi connectivity index (χ4n) is 4.04. The second-order valence-electron chi connectivity index (χ2n) is 8.56. The SMILES string of the molecule is COc1cc(CCC(C)=O)ccc1OCC1CN(C(=O)c2cnc3cc(C)nn3c2C)CCO1. The highest BCUT2D eigenvalue weighted by atomic mass is 16.5. The minimum atomic E-state index is -0.274. The first kappa shape index (κ1) is 23.7. The van der Waals surface area contributed by atoms with Crippen LogP contribution in [0.25, 0.3) is 5.65 Å². The van der Waals surface area contributed by atoms with Gasteiger partial charge in [0, 0.05) is 25.2 Å². The van der Waals surface area contributed by atoms with E-state index in [1.165, 1.54) is 0 Å². The number of aromatic nitrogens is 3. The Morgan fingerprint density at radius 2 is 2.03 bits per heavy atom. The Labute approximate surface area is 198 Å². The molecule has 1 fully saturated rings. The van der Waals surface area contributed by atoms with Crippen molar-refractivity contribution in [2.24, 2.45) is 0 Å². The molecule has 0 aliphatic carbocycles. The molecule has 9 heteroatoms. The van der Waals surface area contributed by atoms with Crippen molar-refractivity contribution in [1.29, 1.82) is 0 Å². The molecule has 0 radical (unpaired) electrons. The summed E-state index contributed by atoms with van der Waals surface area (Å²) in [6.07, 6.45) is 2.50. The molecule has 0 N–H and O–H groups in total. The van der Waals surface area contributed by atoms with Gasteiger partial charge in [-0.25, -0.2) is 9.50 Å². The van der Waals surface area contributed by atoms with Crippen molar-refractivity contribution < 1.29 is 23.8 Å². The number of ketones is 1. The average Bonchev–Trinajstić information content (AvgIpc) is 3.23. The second kappa shape index (κ2) is 10.2. The number of hydrogen-bond donors (Lipinski definition) is 0. The van der Waals surface area contributed by atoms with Gasteiger partial charge in [-0.3, -0.25) is 4.79 Å². The van der Waals surface area contributed by atoms with Gasteiger partial charge in [-0.05, 0) is 44.9 Å². The number of methoxy groups -OCH3 is 1. The molecule has 1 aliphatic heterocycles. The summed E-state index contributed by atoms with van der Waals surface area (Å²) in [5.41, 5.74) is 3.88. The normalized spacial score (nSPS) is 16.0. The number of amides is 1. The van der Waals surface area contributed by atoms with E-state index in [0.717, 1.165) is 22.6 Å².